The van der Waals surface area contributed by atoms with Gasteiger partial charge in [0, 0.05) is 11.4 Å². The molecule has 2 nitrogen and oxygen atoms in total. The number of hydrogen-bond acceptors (Lipinski definition) is 1. The average molecular weight is 281 g/mol. The van der Waals surface area contributed by atoms with Crippen molar-refractivity contribution in [3.05, 3.63) is 76.0 Å². The number of halogens is 1. The number of hydrogen-bond donors (Lipinski definition) is 0. The molecule has 0 aliphatic heterocycles. The Morgan fingerprint density at radius 3 is 2.43 bits per heavy atom. The molecular formula is C18H16FNO. The summed E-state index contributed by atoms with van der Waals surface area (Å²) < 4.78 is 15.8. The minimum atomic E-state index is -0.465. The zero-order chi connectivity index (χ0) is 15.0. The van der Waals surface area contributed by atoms with Crippen molar-refractivity contribution in [2.45, 2.75) is 20.3 Å². The molecule has 0 saturated heterocycles. The molecule has 21 heavy (non-hydrogen) atoms. The standard InChI is InChI=1S/C18H16FNO/c1-3-16-12(2)14-10-7-11-15(19)17(14)18(21)20(16)13-8-5-4-6-9-13/h4-11H,3H2,1-2H3. The van der Waals surface area contributed by atoms with Gasteiger partial charge >= 0.3 is 0 Å². The maximum absolute atomic E-state index is 14.1. The molecule has 0 N–H and O–H groups in total. The zero-order valence-corrected chi connectivity index (χ0v) is 12.1. The minimum absolute atomic E-state index is 0.163. The van der Waals surface area contributed by atoms with Crippen molar-refractivity contribution in [2.24, 2.45) is 0 Å². The first-order valence-corrected chi connectivity index (χ1v) is 7.03. The van der Waals surface area contributed by atoms with Gasteiger partial charge in [-0.3, -0.25) is 9.36 Å². The van der Waals surface area contributed by atoms with Gasteiger partial charge in [-0.05, 0) is 42.5 Å². The molecule has 0 saturated carbocycles. The quantitative estimate of drug-likeness (QED) is 0.696. The van der Waals surface area contributed by atoms with E-state index in [4.69, 9.17) is 0 Å². The Bertz CT molecular complexity index is 866. The molecule has 2 aromatic carbocycles. The van der Waals surface area contributed by atoms with Gasteiger partial charge in [-0.2, -0.15) is 0 Å². The molecule has 1 aromatic heterocycles. The van der Waals surface area contributed by atoms with E-state index in [9.17, 15) is 9.18 Å². The summed E-state index contributed by atoms with van der Waals surface area (Å²) in [5.41, 5.74) is 2.35. The van der Waals surface area contributed by atoms with Crippen molar-refractivity contribution in [1.82, 2.24) is 4.57 Å². The number of aryl methyl sites for hydroxylation is 1. The summed E-state index contributed by atoms with van der Waals surface area (Å²) in [5, 5.41) is 0.861. The van der Waals surface area contributed by atoms with E-state index in [0.29, 0.717) is 11.8 Å². The fourth-order valence-electron chi connectivity index (χ4n) is 2.88. The first-order valence-electron chi connectivity index (χ1n) is 7.03. The van der Waals surface area contributed by atoms with Crippen molar-refractivity contribution >= 4 is 10.8 Å². The van der Waals surface area contributed by atoms with Gasteiger partial charge in [0.15, 0.2) is 0 Å². The molecule has 0 fully saturated rings. The summed E-state index contributed by atoms with van der Waals surface area (Å²) in [4.78, 5) is 12.8. The van der Waals surface area contributed by atoms with Crippen LogP contribution in [0, 0.1) is 12.7 Å². The number of para-hydroxylation sites is 1. The van der Waals surface area contributed by atoms with Crippen molar-refractivity contribution in [3.8, 4) is 5.69 Å². The number of fused-ring (bicyclic) bond motifs is 1. The highest BCUT2D eigenvalue weighted by atomic mass is 19.1. The fourth-order valence-corrected chi connectivity index (χ4v) is 2.88. The number of pyridine rings is 1. The van der Waals surface area contributed by atoms with E-state index in [-0.39, 0.29) is 10.9 Å². The van der Waals surface area contributed by atoms with Crippen LogP contribution in [0.4, 0.5) is 4.39 Å². The molecular weight excluding hydrogens is 265 g/mol. The molecule has 0 atom stereocenters. The summed E-state index contributed by atoms with van der Waals surface area (Å²) in [5.74, 6) is -0.465. The van der Waals surface area contributed by atoms with Gasteiger partial charge in [-0.1, -0.05) is 37.3 Å². The van der Waals surface area contributed by atoms with Crippen LogP contribution >= 0.6 is 0 Å². The van der Waals surface area contributed by atoms with Crippen LogP contribution in [-0.4, -0.2) is 4.57 Å². The Labute approximate surface area is 122 Å². The van der Waals surface area contributed by atoms with Gasteiger partial charge in [-0.25, -0.2) is 4.39 Å². The maximum atomic E-state index is 14.1. The Morgan fingerprint density at radius 1 is 1.05 bits per heavy atom. The van der Waals surface area contributed by atoms with Crippen LogP contribution < -0.4 is 5.56 Å². The highest BCUT2D eigenvalue weighted by Gasteiger charge is 2.16. The van der Waals surface area contributed by atoms with Gasteiger partial charge in [-0.15, -0.1) is 0 Å². The van der Waals surface area contributed by atoms with Crippen molar-refractivity contribution < 1.29 is 4.39 Å². The molecule has 3 heteroatoms. The third-order valence-electron chi connectivity index (χ3n) is 3.89. The molecule has 0 unspecified atom stereocenters. The predicted molar refractivity (Wildman–Crippen MR) is 83.6 cm³/mol. The largest absolute Gasteiger partial charge is 0.280 e. The van der Waals surface area contributed by atoms with E-state index in [1.54, 1.807) is 10.6 Å². The van der Waals surface area contributed by atoms with E-state index in [1.165, 1.54) is 6.07 Å². The molecule has 0 aliphatic carbocycles. The second-order valence-electron chi connectivity index (χ2n) is 5.06. The molecule has 106 valence electrons. The summed E-state index contributed by atoms with van der Waals surface area (Å²) >= 11 is 0. The van der Waals surface area contributed by atoms with Gasteiger partial charge in [0.2, 0.25) is 0 Å². The maximum Gasteiger partial charge on any atom is 0.266 e. The lowest BCUT2D eigenvalue weighted by molar-refractivity contribution is 0.637. The summed E-state index contributed by atoms with van der Waals surface area (Å²) in [7, 11) is 0. The van der Waals surface area contributed by atoms with Gasteiger partial charge < -0.3 is 0 Å². The first-order chi connectivity index (χ1) is 10.1. The Morgan fingerprint density at radius 2 is 1.76 bits per heavy atom. The number of nitrogens with zero attached hydrogens (tertiary/aromatic N) is 1. The van der Waals surface area contributed by atoms with E-state index in [2.05, 4.69) is 0 Å². The SMILES string of the molecule is CCc1c(C)c2cccc(F)c2c(=O)n1-c1ccccc1. The monoisotopic (exact) mass is 281 g/mol. The summed E-state index contributed by atoms with van der Waals surface area (Å²) in [6, 6.07) is 14.2. The molecule has 3 aromatic rings. The van der Waals surface area contributed by atoms with Crippen LogP contribution in [0.15, 0.2) is 53.3 Å². The fraction of sp³-hybridized carbons (Fsp3) is 0.167. The van der Waals surface area contributed by atoms with E-state index in [1.807, 2.05) is 50.2 Å². The highest BCUT2D eigenvalue weighted by molar-refractivity contribution is 5.86. The number of rotatable bonds is 2. The van der Waals surface area contributed by atoms with Crippen LogP contribution in [0.3, 0.4) is 0 Å². The molecule has 1 heterocycles. The average Bonchev–Trinajstić information content (AvgIpc) is 2.51. The second-order valence-corrected chi connectivity index (χ2v) is 5.06. The summed E-state index contributed by atoms with van der Waals surface area (Å²) in [6.45, 7) is 3.95. The van der Waals surface area contributed by atoms with E-state index < -0.39 is 5.82 Å². The molecule has 0 bridgehead atoms. The number of aromatic nitrogens is 1. The minimum Gasteiger partial charge on any atom is -0.280 e. The Balaban J connectivity index is 2.53. The lowest BCUT2D eigenvalue weighted by Gasteiger charge is -2.17. The van der Waals surface area contributed by atoms with Crippen LogP contribution in [0.25, 0.3) is 16.5 Å². The lowest BCUT2D eigenvalue weighted by Crippen LogP contribution is -2.24. The third-order valence-corrected chi connectivity index (χ3v) is 3.89. The van der Waals surface area contributed by atoms with Crippen LogP contribution in [0.5, 0.6) is 0 Å². The normalized spacial score (nSPS) is 11.0. The van der Waals surface area contributed by atoms with Crippen molar-refractivity contribution in [2.75, 3.05) is 0 Å². The summed E-state index contributed by atoms with van der Waals surface area (Å²) in [6.07, 6.45) is 0.711. The van der Waals surface area contributed by atoms with E-state index in [0.717, 1.165) is 16.9 Å². The predicted octanol–water partition coefficient (Wildman–Crippen LogP) is 4.00. The van der Waals surface area contributed by atoms with Crippen molar-refractivity contribution in [1.29, 1.82) is 0 Å². The zero-order valence-electron chi connectivity index (χ0n) is 12.1. The third kappa shape index (κ3) is 2.05. The van der Waals surface area contributed by atoms with Crippen LogP contribution in [-0.2, 0) is 6.42 Å². The first kappa shape index (κ1) is 13.6. The van der Waals surface area contributed by atoms with Crippen molar-refractivity contribution in [3.63, 3.8) is 0 Å². The second kappa shape index (κ2) is 5.17. The molecule has 0 radical (unpaired) electrons. The van der Waals surface area contributed by atoms with Gasteiger partial charge in [0.1, 0.15) is 5.82 Å². The topological polar surface area (TPSA) is 22.0 Å². The van der Waals surface area contributed by atoms with Crippen LogP contribution in [0.2, 0.25) is 0 Å². The highest BCUT2D eigenvalue weighted by Crippen LogP contribution is 2.23. The van der Waals surface area contributed by atoms with Crippen LogP contribution in [0.1, 0.15) is 18.2 Å². The Kier molecular flexibility index (Phi) is 3.34. The van der Waals surface area contributed by atoms with Gasteiger partial charge in [0.05, 0.1) is 5.39 Å². The molecule has 0 amide bonds. The lowest BCUT2D eigenvalue weighted by atomic mass is 10.0. The molecule has 0 aliphatic rings. The molecule has 3 rings (SSSR count). The van der Waals surface area contributed by atoms with E-state index >= 15 is 0 Å². The molecule has 0 spiro atoms. The number of benzene rings is 2. The Hall–Kier alpha value is -2.42. The smallest absolute Gasteiger partial charge is 0.266 e. The van der Waals surface area contributed by atoms with Gasteiger partial charge in [0.25, 0.3) is 5.56 Å².